The van der Waals surface area contributed by atoms with E-state index < -0.39 is 5.76 Å². The van der Waals surface area contributed by atoms with Crippen molar-refractivity contribution in [2.45, 2.75) is 29.5 Å². The molecule has 2 rings (SSSR count). The molecule has 82 valence electrons. The number of rotatable bonds is 3. The van der Waals surface area contributed by atoms with Gasteiger partial charge in [0.15, 0.2) is 0 Å². The minimum absolute atomic E-state index is 0.257. The van der Waals surface area contributed by atoms with Gasteiger partial charge in [-0.05, 0) is 31.0 Å². The molecule has 0 amide bonds. The lowest BCUT2D eigenvalue weighted by molar-refractivity contribution is 0.252. The van der Waals surface area contributed by atoms with E-state index in [4.69, 9.17) is 0 Å². The summed E-state index contributed by atoms with van der Waals surface area (Å²) in [5, 5.41) is 3.33. The Morgan fingerprint density at radius 1 is 1.33 bits per heavy atom. The van der Waals surface area contributed by atoms with Crippen LogP contribution >= 0.6 is 11.8 Å². The number of nitrogens with one attached hydrogen (secondary N) is 1. The number of halogens is 2. The van der Waals surface area contributed by atoms with E-state index in [1.165, 1.54) is 0 Å². The molecule has 1 aromatic rings. The van der Waals surface area contributed by atoms with Crippen molar-refractivity contribution in [3.63, 3.8) is 0 Å². The predicted molar refractivity (Wildman–Crippen MR) is 58.3 cm³/mol. The maximum absolute atomic E-state index is 12.3. The first kappa shape index (κ1) is 10.9. The van der Waals surface area contributed by atoms with Crippen molar-refractivity contribution in [3.05, 3.63) is 29.8 Å². The first-order chi connectivity index (χ1) is 7.27. The molecule has 0 spiro atoms. The molecule has 1 N–H and O–H groups in total. The Kier molecular flexibility index (Phi) is 3.59. The average Bonchev–Trinajstić information content (AvgIpc) is 2.70. The van der Waals surface area contributed by atoms with Gasteiger partial charge in [-0.2, -0.15) is 8.78 Å². The van der Waals surface area contributed by atoms with Gasteiger partial charge in [-0.1, -0.05) is 30.0 Å². The molecule has 1 unspecified atom stereocenters. The van der Waals surface area contributed by atoms with Crippen LogP contribution in [0.1, 0.15) is 24.4 Å². The summed E-state index contributed by atoms with van der Waals surface area (Å²) in [6.45, 7) is 0.984. The van der Waals surface area contributed by atoms with Crippen molar-refractivity contribution in [2.24, 2.45) is 0 Å². The Balaban J connectivity index is 2.20. The van der Waals surface area contributed by atoms with Crippen LogP contribution in [-0.4, -0.2) is 12.3 Å². The van der Waals surface area contributed by atoms with E-state index in [-0.39, 0.29) is 6.04 Å². The van der Waals surface area contributed by atoms with Crippen LogP contribution in [0, 0.1) is 0 Å². The fraction of sp³-hybridized carbons (Fsp3) is 0.455. The van der Waals surface area contributed by atoms with Crippen molar-refractivity contribution in [1.29, 1.82) is 0 Å². The zero-order chi connectivity index (χ0) is 10.7. The summed E-state index contributed by atoms with van der Waals surface area (Å²) in [4.78, 5) is 0.701. The molecule has 0 radical (unpaired) electrons. The summed E-state index contributed by atoms with van der Waals surface area (Å²) in [6.07, 6.45) is 2.17. The van der Waals surface area contributed by atoms with Gasteiger partial charge in [0.25, 0.3) is 5.76 Å². The molecule has 1 aromatic carbocycles. The predicted octanol–water partition coefficient (Wildman–Crippen LogP) is 3.43. The summed E-state index contributed by atoms with van der Waals surface area (Å²) >= 11 is 0.639. The van der Waals surface area contributed by atoms with Gasteiger partial charge in [-0.15, -0.1) is 0 Å². The highest BCUT2D eigenvalue weighted by Gasteiger charge is 2.20. The molecule has 1 aliphatic rings. The summed E-state index contributed by atoms with van der Waals surface area (Å²) in [7, 11) is 0. The number of hydrogen-bond donors (Lipinski definition) is 1. The Hall–Kier alpha value is -0.610. The normalized spacial score (nSPS) is 21.1. The summed E-state index contributed by atoms with van der Waals surface area (Å²) in [5.74, 6) is -2.34. The van der Waals surface area contributed by atoms with Gasteiger partial charge in [0, 0.05) is 10.9 Å². The second-order valence-electron chi connectivity index (χ2n) is 3.57. The standard InChI is InChI=1S/C11H13F2NS/c12-11(13)15-10-6-2-1-4-8(10)9-5-3-7-14-9/h1-2,4,6,9,11,14H,3,5,7H2. The van der Waals surface area contributed by atoms with Crippen molar-refractivity contribution < 1.29 is 8.78 Å². The summed E-state index contributed by atoms with van der Waals surface area (Å²) in [6, 6.07) is 7.68. The Bertz CT molecular complexity index is 324. The smallest absolute Gasteiger partial charge is 0.288 e. The third-order valence-electron chi connectivity index (χ3n) is 2.57. The van der Waals surface area contributed by atoms with Crippen LogP contribution in [0.25, 0.3) is 0 Å². The van der Waals surface area contributed by atoms with E-state index in [1.807, 2.05) is 18.2 Å². The van der Waals surface area contributed by atoms with Crippen molar-refractivity contribution in [2.75, 3.05) is 6.54 Å². The van der Waals surface area contributed by atoms with Gasteiger partial charge in [-0.25, -0.2) is 0 Å². The molecular weight excluding hydrogens is 216 g/mol. The van der Waals surface area contributed by atoms with Crippen molar-refractivity contribution >= 4 is 11.8 Å². The maximum atomic E-state index is 12.3. The van der Waals surface area contributed by atoms with Crippen LogP contribution in [0.5, 0.6) is 0 Å². The lowest BCUT2D eigenvalue weighted by Gasteiger charge is -2.14. The highest BCUT2D eigenvalue weighted by molar-refractivity contribution is 7.99. The molecule has 0 bridgehead atoms. The average molecular weight is 229 g/mol. The van der Waals surface area contributed by atoms with E-state index in [9.17, 15) is 8.78 Å². The zero-order valence-corrected chi connectivity index (χ0v) is 9.07. The highest BCUT2D eigenvalue weighted by atomic mass is 32.2. The third kappa shape index (κ3) is 2.69. The minimum atomic E-state index is -2.34. The molecule has 1 saturated heterocycles. The van der Waals surface area contributed by atoms with Crippen LogP contribution in [0.2, 0.25) is 0 Å². The first-order valence-corrected chi connectivity index (χ1v) is 5.92. The number of alkyl halides is 2. The molecule has 1 fully saturated rings. The topological polar surface area (TPSA) is 12.0 Å². The molecular formula is C11H13F2NS. The van der Waals surface area contributed by atoms with E-state index in [2.05, 4.69) is 5.32 Å². The van der Waals surface area contributed by atoms with Crippen LogP contribution in [-0.2, 0) is 0 Å². The largest absolute Gasteiger partial charge is 0.310 e. The molecule has 1 aliphatic heterocycles. The van der Waals surface area contributed by atoms with E-state index >= 15 is 0 Å². The SMILES string of the molecule is FC(F)Sc1ccccc1C1CCCN1. The second kappa shape index (κ2) is 4.94. The van der Waals surface area contributed by atoms with E-state index in [0.717, 1.165) is 24.9 Å². The Morgan fingerprint density at radius 2 is 2.13 bits per heavy atom. The molecule has 1 atom stereocenters. The molecule has 1 nitrogen and oxygen atoms in total. The first-order valence-electron chi connectivity index (χ1n) is 5.04. The third-order valence-corrected chi connectivity index (χ3v) is 3.37. The number of benzene rings is 1. The second-order valence-corrected chi connectivity index (χ2v) is 4.60. The Morgan fingerprint density at radius 3 is 2.80 bits per heavy atom. The van der Waals surface area contributed by atoms with Gasteiger partial charge < -0.3 is 5.32 Å². The molecule has 0 aromatic heterocycles. The molecule has 15 heavy (non-hydrogen) atoms. The fourth-order valence-electron chi connectivity index (χ4n) is 1.92. The lowest BCUT2D eigenvalue weighted by atomic mass is 10.1. The maximum Gasteiger partial charge on any atom is 0.288 e. The van der Waals surface area contributed by atoms with Gasteiger partial charge in [0.2, 0.25) is 0 Å². The van der Waals surface area contributed by atoms with Gasteiger partial charge in [-0.3, -0.25) is 0 Å². The monoisotopic (exact) mass is 229 g/mol. The van der Waals surface area contributed by atoms with Crippen LogP contribution in [0.15, 0.2) is 29.2 Å². The van der Waals surface area contributed by atoms with Gasteiger partial charge >= 0.3 is 0 Å². The van der Waals surface area contributed by atoms with Crippen molar-refractivity contribution in [3.8, 4) is 0 Å². The van der Waals surface area contributed by atoms with Crippen LogP contribution < -0.4 is 5.32 Å². The molecule has 4 heteroatoms. The highest BCUT2D eigenvalue weighted by Crippen LogP contribution is 2.34. The number of thioether (sulfide) groups is 1. The summed E-state index contributed by atoms with van der Waals surface area (Å²) in [5.41, 5.74) is 1.01. The van der Waals surface area contributed by atoms with Crippen LogP contribution in [0.3, 0.4) is 0 Å². The van der Waals surface area contributed by atoms with Crippen molar-refractivity contribution in [1.82, 2.24) is 5.32 Å². The quantitative estimate of drug-likeness (QED) is 0.797. The van der Waals surface area contributed by atoms with E-state index in [0.29, 0.717) is 16.7 Å². The van der Waals surface area contributed by atoms with E-state index in [1.54, 1.807) is 6.07 Å². The number of hydrogen-bond acceptors (Lipinski definition) is 2. The minimum Gasteiger partial charge on any atom is -0.310 e. The molecule has 0 aliphatic carbocycles. The zero-order valence-electron chi connectivity index (χ0n) is 8.25. The van der Waals surface area contributed by atoms with Crippen LogP contribution in [0.4, 0.5) is 8.78 Å². The fourth-order valence-corrected chi connectivity index (χ4v) is 2.62. The Labute approximate surface area is 92.3 Å². The summed E-state index contributed by atoms with van der Waals surface area (Å²) < 4.78 is 24.7. The molecule has 0 saturated carbocycles. The lowest BCUT2D eigenvalue weighted by Crippen LogP contribution is -2.13. The molecule has 1 heterocycles. The van der Waals surface area contributed by atoms with Gasteiger partial charge in [0.05, 0.1) is 0 Å². The van der Waals surface area contributed by atoms with Gasteiger partial charge in [0.1, 0.15) is 0 Å².